The summed E-state index contributed by atoms with van der Waals surface area (Å²) < 4.78 is 23.2. The maximum Gasteiger partial charge on any atom is 0.292 e. The maximum atomic E-state index is 11.6. The largest absolute Gasteiger partial charge is 0.368 e. The molecule has 0 radical (unpaired) electrons. The fraction of sp³-hybridized carbons (Fsp3) is 0.462. The molecule has 1 aromatic rings. The normalized spacial score (nSPS) is 12.6. The predicted octanol–water partition coefficient (Wildman–Crippen LogP) is 0.369. The van der Waals surface area contributed by atoms with E-state index < -0.39 is 20.9 Å². The summed E-state index contributed by atoms with van der Waals surface area (Å²) in [6, 6.07) is 2.33. The molecular formula is C13H20N4O5S. The summed E-state index contributed by atoms with van der Waals surface area (Å²) in [6.45, 7) is 3.27. The van der Waals surface area contributed by atoms with Crippen LogP contribution in [-0.2, 0) is 14.8 Å². The van der Waals surface area contributed by atoms with Crippen molar-refractivity contribution in [2.24, 2.45) is 11.1 Å². The number of hydrogen-bond acceptors (Lipinski definition) is 6. The molecule has 1 rings (SSSR count). The van der Waals surface area contributed by atoms with Gasteiger partial charge in [-0.3, -0.25) is 14.9 Å². The van der Waals surface area contributed by atoms with Crippen molar-refractivity contribution < 1.29 is 18.1 Å². The van der Waals surface area contributed by atoms with Crippen molar-refractivity contribution in [3.05, 3.63) is 27.8 Å². The molecule has 0 aliphatic carbocycles. The zero-order valence-corrected chi connectivity index (χ0v) is 14.2. The SMILES string of the molecule is CNC(=O)C(C)CN(C)c1cc(S(N)(=O)=O)c(C)cc1[N+](=O)[O-]. The lowest BCUT2D eigenvalue weighted by molar-refractivity contribution is -0.384. The molecule has 0 aliphatic rings. The van der Waals surface area contributed by atoms with Crippen LogP contribution < -0.4 is 15.4 Å². The van der Waals surface area contributed by atoms with Crippen molar-refractivity contribution in [2.75, 3.05) is 25.5 Å². The predicted molar refractivity (Wildman–Crippen MR) is 85.7 cm³/mol. The number of nitrogens with one attached hydrogen (secondary N) is 1. The van der Waals surface area contributed by atoms with Gasteiger partial charge in [-0.05, 0) is 18.6 Å². The standard InChI is InChI=1S/C13H20N4O5S/c1-8-5-11(17(19)20)10(6-12(8)23(14,21)22)16(4)7-9(2)13(18)15-3/h5-6,9H,7H2,1-4H3,(H,15,18)(H2,14,21,22). The van der Waals surface area contributed by atoms with Crippen LogP contribution in [0.3, 0.4) is 0 Å². The summed E-state index contributed by atoms with van der Waals surface area (Å²) in [5.41, 5.74) is 0.0255. The van der Waals surface area contributed by atoms with E-state index in [9.17, 15) is 23.3 Å². The molecule has 1 amide bonds. The summed E-state index contributed by atoms with van der Waals surface area (Å²) in [6.07, 6.45) is 0. The van der Waals surface area contributed by atoms with Crippen molar-refractivity contribution in [3.63, 3.8) is 0 Å². The Morgan fingerprint density at radius 2 is 2.04 bits per heavy atom. The fourth-order valence-electron chi connectivity index (χ4n) is 2.26. The van der Waals surface area contributed by atoms with Gasteiger partial charge in [0.2, 0.25) is 15.9 Å². The first kappa shape index (κ1) is 18.8. The highest BCUT2D eigenvalue weighted by Gasteiger charge is 2.25. The van der Waals surface area contributed by atoms with Crippen LogP contribution in [0.1, 0.15) is 12.5 Å². The highest BCUT2D eigenvalue weighted by molar-refractivity contribution is 7.89. The number of nitro benzene ring substituents is 1. The average molecular weight is 344 g/mol. The number of amides is 1. The third-order valence-corrected chi connectivity index (χ3v) is 4.48. The summed E-state index contributed by atoms with van der Waals surface area (Å²) >= 11 is 0. The van der Waals surface area contributed by atoms with Gasteiger partial charge in [-0.1, -0.05) is 6.92 Å². The molecule has 10 heteroatoms. The molecule has 0 aliphatic heterocycles. The molecule has 0 heterocycles. The Morgan fingerprint density at radius 1 is 1.48 bits per heavy atom. The van der Waals surface area contributed by atoms with E-state index in [1.54, 1.807) is 14.0 Å². The van der Waals surface area contributed by atoms with Crippen LogP contribution >= 0.6 is 0 Å². The first-order valence-electron chi connectivity index (χ1n) is 6.73. The smallest absolute Gasteiger partial charge is 0.292 e. The molecule has 0 saturated heterocycles. The Morgan fingerprint density at radius 3 is 2.48 bits per heavy atom. The van der Waals surface area contributed by atoms with Gasteiger partial charge in [0.15, 0.2) is 0 Å². The fourth-order valence-corrected chi connectivity index (χ4v) is 3.04. The number of sulfonamides is 1. The van der Waals surface area contributed by atoms with Crippen molar-refractivity contribution in [1.29, 1.82) is 0 Å². The number of carbonyl (C=O) groups excluding carboxylic acids is 1. The van der Waals surface area contributed by atoms with Crippen LogP contribution in [0.25, 0.3) is 0 Å². The molecule has 1 aromatic carbocycles. The summed E-state index contributed by atoms with van der Waals surface area (Å²) in [5.74, 6) is -0.665. The number of benzene rings is 1. The summed E-state index contributed by atoms with van der Waals surface area (Å²) in [4.78, 5) is 23.5. The number of anilines is 1. The topological polar surface area (TPSA) is 136 Å². The van der Waals surface area contributed by atoms with Gasteiger partial charge < -0.3 is 10.2 Å². The molecule has 0 saturated carbocycles. The molecule has 0 aromatic heterocycles. The van der Waals surface area contributed by atoms with E-state index in [1.807, 2.05) is 0 Å². The first-order chi connectivity index (χ1) is 10.5. The second-order valence-corrected chi connectivity index (χ2v) is 6.83. The van der Waals surface area contributed by atoms with Crippen molar-refractivity contribution in [3.8, 4) is 0 Å². The van der Waals surface area contributed by atoms with Crippen molar-refractivity contribution in [1.82, 2.24) is 5.32 Å². The van der Waals surface area contributed by atoms with Gasteiger partial charge in [0.1, 0.15) is 5.69 Å². The van der Waals surface area contributed by atoms with Crippen LogP contribution in [0.15, 0.2) is 17.0 Å². The van der Waals surface area contributed by atoms with Crippen LogP contribution in [0.4, 0.5) is 11.4 Å². The summed E-state index contributed by atoms with van der Waals surface area (Å²) in [7, 11) is -0.972. The van der Waals surface area contributed by atoms with Crippen molar-refractivity contribution >= 4 is 27.3 Å². The zero-order chi connectivity index (χ0) is 17.9. The molecule has 9 nitrogen and oxygen atoms in total. The molecular weight excluding hydrogens is 324 g/mol. The number of carbonyl (C=O) groups is 1. The van der Waals surface area contributed by atoms with Gasteiger partial charge in [-0.25, -0.2) is 13.6 Å². The van der Waals surface area contributed by atoms with E-state index in [2.05, 4.69) is 5.32 Å². The summed E-state index contributed by atoms with van der Waals surface area (Å²) in [5, 5.41) is 18.9. The molecule has 1 atom stereocenters. The number of hydrogen-bond donors (Lipinski definition) is 2. The highest BCUT2D eigenvalue weighted by Crippen LogP contribution is 2.32. The Bertz CT molecular complexity index is 732. The quantitative estimate of drug-likeness (QED) is 0.565. The molecule has 0 fully saturated rings. The third-order valence-electron chi connectivity index (χ3n) is 3.43. The van der Waals surface area contributed by atoms with Crippen LogP contribution in [-0.4, -0.2) is 39.9 Å². The Balaban J connectivity index is 3.37. The number of aryl methyl sites for hydroxylation is 1. The zero-order valence-electron chi connectivity index (χ0n) is 13.4. The number of nitro groups is 1. The Labute approximate surface area is 134 Å². The van der Waals surface area contributed by atoms with Gasteiger partial charge in [0, 0.05) is 26.7 Å². The molecule has 128 valence electrons. The van der Waals surface area contributed by atoms with Gasteiger partial charge in [-0.15, -0.1) is 0 Å². The van der Waals surface area contributed by atoms with E-state index in [4.69, 9.17) is 5.14 Å². The second-order valence-electron chi connectivity index (χ2n) is 5.30. The average Bonchev–Trinajstić information content (AvgIpc) is 2.44. The number of primary sulfonamides is 1. The van der Waals surface area contributed by atoms with E-state index in [0.717, 1.165) is 6.07 Å². The third kappa shape index (κ3) is 4.39. The van der Waals surface area contributed by atoms with E-state index in [1.165, 1.54) is 24.9 Å². The van der Waals surface area contributed by atoms with E-state index in [0.29, 0.717) is 0 Å². The monoisotopic (exact) mass is 344 g/mol. The number of nitrogens with zero attached hydrogens (tertiary/aromatic N) is 2. The minimum atomic E-state index is -4.01. The van der Waals surface area contributed by atoms with Gasteiger partial charge in [0.25, 0.3) is 5.69 Å². The van der Waals surface area contributed by atoms with Crippen LogP contribution in [0.5, 0.6) is 0 Å². The minimum absolute atomic E-state index is 0.0837. The van der Waals surface area contributed by atoms with E-state index in [-0.39, 0.29) is 34.3 Å². The van der Waals surface area contributed by atoms with Gasteiger partial charge in [0.05, 0.1) is 15.7 Å². The number of rotatable bonds is 6. The highest BCUT2D eigenvalue weighted by atomic mass is 32.2. The molecule has 0 spiro atoms. The van der Waals surface area contributed by atoms with Crippen LogP contribution in [0.2, 0.25) is 0 Å². The van der Waals surface area contributed by atoms with Crippen molar-refractivity contribution in [2.45, 2.75) is 18.7 Å². The van der Waals surface area contributed by atoms with Gasteiger partial charge in [-0.2, -0.15) is 0 Å². The van der Waals surface area contributed by atoms with E-state index >= 15 is 0 Å². The molecule has 23 heavy (non-hydrogen) atoms. The minimum Gasteiger partial charge on any atom is -0.368 e. The maximum absolute atomic E-state index is 11.6. The Hall–Kier alpha value is -2.20. The van der Waals surface area contributed by atoms with Gasteiger partial charge >= 0.3 is 0 Å². The second kappa shape index (κ2) is 6.92. The lowest BCUT2D eigenvalue weighted by Gasteiger charge is -2.23. The lowest BCUT2D eigenvalue weighted by Crippen LogP contribution is -2.34. The molecule has 3 N–H and O–H groups in total. The van der Waals surface area contributed by atoms with Crippen LogP contribution in [0, 0.1) is 23.0 Å². The molecule has 1 unspecified atom stereocenters. The Kier molecular flexibility index (Phi) is 5.67. The first-order valence-corrected chi connectivity index (χ1v) is 8.28. The lowest BCUT2D eigenvalue weighted by atomic mass is 10.1. The number of nitrogens with two attached hydrogens (primary N) is 1. The molecule has 0 bridgehead atoms.